The number of nitro benzene ring substituents is 1. The number of nitrogens with one attached hydrogen (secondary N) is 2. The summed E-state index contributed by atoms with van der Waals surface area (Å²) in [5.74, 6) is -0.916. The number of benzene rings is 3. The molecule has 0 amide bonds. The first-order chi connectivity index (χ1) is 17.0. The second kappa shape index (κ2) is 9.13. The number of allylic oxidation sites excluding steroid dienone is 1. The zero-order valence-electron chi connectivity index (χ0n) is 19.1. The van der Waals surface area contributed by atoms with Gasteiger partial charge in [0.2, 0.25) is 0 Å². The van der Waals surface area contributed by atoms with Crippen LogP contribution in [0.2, 0.25) is 0 Å². The molecule has 0 aromatic heterocycles. The van der Waals surface area contributed by atoms with Gasteiger partial charge in [-0.15, -0.1) is 0 Å². The fourth-order valence-electron chi connectivity index (χ4n) is 4.88. The van der Waals surface area contributed by atoms with Crippen molar-refractivity contribution in [2.45, 2.75) is 31.7 Å². The van der Waals surface area contributed by atoms with E-state index < -0.39 is 22.4 Å². The van der Waals surface area contributed by atoms with Crippen molar-refractivity contribution in [3.63, 3.8) is 0 Å². The number of carbonyl (C=O) groups excluding carboxylic acids is 1. The number of anilines is 2. The Morgan fingerprint density at radius 1 is 1.00 bits per heavy atom. The van der Waals surface area contributed by atoms with E-state index >= 15 is 0 Å². The van der Waals surface area contributed by atoms with Crippen molar-refractivity contribution >= 4 is 22.8 Å². The van der Waals surface area contributed by atoms with E-state index in [4.69, 9.17) is 4.74 Å². The summed E-state index contributed by atoms with van der Waals surface area (Å²) in [6, 6.07) is 19.5. The van der Waals surface area contributed by atoms with Gasteiger partial charge in [0.1, 0.15) is 5.75 Å². The van der Waals surface area contributed by atoms with Crippen LogP contribution in [0.1, 0.15) is 42.9 Å². The van der Waals surface area contributed by atoms with Gasteiger partial charge in [-0.1, -0.05) is 42.5 Å². The molecule has 1 aliphatic carbocycles. The first-order valence-corrected chi connectivity index (χ1v) is 11.5. The van der Waals surface area contributed by atoms with Gasteiger partial charge in [-0.25, -0.2) is 0 Å². The fraction of sp³-hybridized carbons (Fsp3) is 0.222. The molecule has 0 radical (unpaired) electrons. The topological polar surface area (TPSA) is 117 Å². The summed E-state index contributed by atoms with van der Waals surface area (Å²) >= 11 is 0. The number of carbonyl (C=O) groups is 1. The number of fused-ring (bicyclic) bond motifs is 1. The minimum Gasteiger partial charge on any atom is -0.865 e. The number of nitro groups is 1. The number of ketones is 1. The van der Waals surface area contributed by atoms with Crippen LogP contribution in [0.25, 0.3) is 0 Å². The van der Waals surface area contributed by atoms with E-state index in [1.807, 2.05) is 54.6 Å². The Morgan fingerprint density at radius 3 is 2.43 bits per heavy atom. The highest BCUT2D eigenvalue weighted by atomic mass is 16.6. The Labute approximate surface area is 202 Å². The zero-order valence-corrected chi connectivity index (χ0v) is 19.1. The Bertz CT molecular complexity index is 1340. The van der Waals surface area contributed by atoms with Crippen LogP contribution in [0.3, 0.4) is 0 Å². The summed E-state index contributed by atoms with van der Waals surface area (Å²) in [6.07, 6.45) is 0.927. The van der Waals surface area contributed by atoms with E-state index in [1.165, 1.54) is 12.1 Å². The lowest BCUT2D eigenvalue weighted by Gasteiger charge is -2.30. The summed E-state index contributed by atoms with van der Waals surface area (Å²) in [7, 11) is 0. The van der Waals surface area contributed by atoms with Crippen LogP contribution in [0, 0.1) is 10.1 Å². The lowest BCUT2D eigenvalue weighted by molar-refractivity contribution is -0.398. The predicted molar refractivity (Wildman–Crippen MR) is 131 cm³/mol. The molecule has 1 heterocycles. The van der Waals surface area contributed by atoms with Crippen molar-refractivity contribution in [3.05, 3.63) is 99.2 Å². The van der Waals surface area contributed by atoms with Crippen molar-refractivity contribution in [3.8, 4) is 11.5 Å². The third kappa shape index (κ3) is 4.19. The first-order valence-electron chi connectivity index (χ1n) is 11.5. The normalized spacial score (nSPS) is 19.1. The van der Waals surface area contributed by atoms with Gasteiger partial charge < -0.3 is 20.5 Å². The monoisotopic (exact) mass is 470 g/mol. The molecule has 0 fully saturated rings. The maximum Gasteiger partial charge on any atom is 0.265 e. The molecule has 8 heteroatoms. The van der Waals surface area contributed by atoms with E-state index in [1.54, 1.807) is 6.92 Å². The van der Waals surface area contributed by atoms with E-state index in [0.717, 1.165) is 22.6 Å². The molecular formula is C27H24N3O5-. The average Bonchev–Trinajstić information content (AvgIpc) is 3.02. The third-order valence-corrected chi connectivity index (χ3v) is 6.47. The molecule has 2 aliphatic rings. The Kier molecular flexibility index (Phi) is 5.86. The quantitative estimate of drug-likeness (QED) is 0.396. The van der Waals surface area contributed by atoms with E-state index in [0.29, 0.717) is 24.0 Å². The van der Waals surface area contributed by atoms with Gasteiger partial charge in [-0.05, 0) is 48.6 Å². The molecule has 3 aromatic carbocycles. The average molecular weight is 471 g/mol. The molecule has 0 spiro atoms. The standard InChI is InChI=1S/C27H25N3O5/c1-2-35-24-15-18(13-22(27(24)32)30(33)34)26-25-21(28-19-10-6-7-11-20(19)29-26)12-17(14-23(25)31)16-8-4-3-5-9-16/h3-11,13,15,17,26,28-29,32H,2,12,14H2,1H3/p-1/t17-,26+/m1/s1. The van der Waals surface area contributed by atoms with Gasteiger partial charge in [-0.2, -0.15) is 0 Å². The maximum absolute atomic E-state index is 13.6. The maximum atomic E-state index is 13.6. The van der Waals surface area contributed by atoms with Crippen molar-refractivity contribution in [1.82, 2.24) is 0 Å². The van der Waals surface area contributed by atoms with Crippen LogP contribution in [-0.4, -0.2) is 17.3 Å². The summed E-state index contributed by atoms with van der Waals surface area (Å²) < 4.78 is 5.44. The van der Waals surface area contributed by atoms with Crippen LogP contribution in [0.4, 0.5) is 17.1 Å². The number of nitrogens with zero attached hydrogens (tertiary/aromatic N) is 1. The summed E-state index contributed by atoms with van der Waals surface area (Å²) in [5.41, 5.74) is 3.78. The second-order valence-corrected chi connectivity index (χ2v) is 8.64. The number of hydrogen-bond acceptors (Lipinski definition) is 7. The summed E-state index contributed by atoms with van der Waals surface area (Å²) in [5, 5.41) is 31.1. The van der Waals surface area contributed by atoms with Gasteiger partial charge >= 0.3 is 0 Å². The molecule has 0 unspecified atom stereocenters. The van der Waals surface area contributed by atoms with E-state index in [2.05, 4.69) is 10.6 Å². The molecule has 5 rings (SSSR count). The minimum atomic E-state index is -0.777. The third-order valence-electron chi connectivity index (χ3n) is 6.47. The van der Waals surface area contributed by atoms with E-state index in [9.17, 15) is 20.0 Å². The number of ether oxygens (including phenoxy) is 1. The number of hydrogen-bond donors (Lipinski definition) is 2. The molecule has 2 atom stereocenters. The molecule has 8 nitrogen and oxygen atoms in total. The van der Waals surface area contributed by atoms with Gasteiger partial charge in [0.15, 0.2) is 5.78 Å². The van der Waals surface area contributed by atoms with Crippen LogP contribution in [-0.2, 0) is 4.79 Å². The Morgan fingerprint density at radius 2 is 1.71 bits per heavy atom. The Balaban J connectivity index is 1.66. The highest BCUT2D eigenvalue weighted by molar-refractivity contribution is 6.01. The first kappa shape index (κ1) is 22.5. The van der Waals surface area contributed by atoms with Crippen LogP contribution in [0.5, 0.6) is 11.5 Å². The fourth-order valence-corrected chi connectivity index (χ4v) is 4.88. The van der Waals surface area contributed by atoms with E-state index in [-0.39, 0.29) is 24.1 Å². The number of Topliss-reactive ketones (excluding diaryl/α,β-unsaturated/α-hetero) is 1. The smallest absolute Gasteiger partial charge is 0.265 e. The van der Waals surface area contributed by atoms with Crippen molar-refractivity contribution in [2.75, 3.05) is 17.2 Å². The zero-order chi connectivity index (χ0) is 24.5. The van der Waals surface area contributed by atoms with Crippen LogP contribution in [0.15, 0.2) is 78.0 Å². The van der Waals surface area contributed by atoms with Crippen molar-refractivity contribution in [2.24, 2.45) is 0 Å². The summed E-state index contributed by atoms with van der Waals surface area (Å²) in [4.78, 5) is 24.6. The Hall–Kier alpha value is -4.33. The minimum absolute atomic E-state index is 0.0122. The molecule has 0 saturated heterocycles. The molecular weight excluding hydrogens is 446 g/mol. The van der Waals surface area contributed by atoms with Gasteiger partial charge in [0, 0.05) is 29.5 Å². The van der Waals surface area contributed by atoms with Crippen LogP contribution >= 0.6 is 0 Å². The molecule has 0 bridgehead atoms. The predicted octanol–water partition coefficient (Wildman–Crippen LogP) is 5.05. The van der Waals surface area contributed by atoms with Gasteiger partial charge in [0.25, 0.3) is 5.69 Å². The molecule has 2 N–H and O–H groups in total. The van der Waals surface area contributed by atoms with Crippen LogP contribution < -0.4 is 20.5 Å². The number of para-hydroxylation sites is 2. The van der Waals surface area contributed by atoms with Crippen molar-refractivity contribution < 1.29 is 19.6 Å². The molecule has 35 heavy (non-hydrogen) atoms. The molecule has 178 valence electrons. The molecule has 1 aliphatic heterocycles. The summed E-state index contributed by atoms with van der Waals surface area (Å²) in [6.45, 7) is 1.89. The van der Waals surface area contributed by atoms with Gasteiger partial charge in [-0.3, -0.25) is 14.9 Å². The van der Waals surface area contributed by atoms with Gasteiger partial charge in [0.05, 0.1) is 28.9 Å². The lowest BCUT2D eigenvalue weighted by atomic mass is 9.78. The highest BCUT2D eigenvalue weighted by Crippen LogP contribution is 2.46. The SMILES string of the molecule is CCOc1cc([C@@H]2Nc3ccccc3NC3=C2C(=O)C[C@H](c2ccccc2)C3)cc([N+](=O)[O-])c1[O-]. The number of rotatable bonds is 5. The largest absolute Gasteiger partial charge is 0.865 e. The highest BCUT2D eigenvalue weighted by Gasteiger charge is 2.36. The van der Waals surface area contributed by atoms with Crippen molar-refractivity contribution in [1.29, 1.82) is 0 Å². The second-order valence-electron chi connectivity index (χ2n) is 8.64. The molecule has 3 aromatic rings. The lowest BCUT2D eigenvalue weighted by Crippen LogP contribution is -2.27. The molecule has 0 saturated carbocycles.